The smallest absolute Gasteiger partial charge is 0.141 e. The molecular weight excluding hydrogens is 254 g/mol. The van der Waals surface area contributed by atoms with Crippen molar-refractivity contribution >= 4 is 11.8 Å². The zero-order valence-electron chi connectivity index (χ0n) is 9.51. The van der Waals surface area contributed by atoms with E-state index in [1.54, 1.807) is 12.3 Å². The molecule has 0 aliphatic heterocycles. The van der Waals surface area contributed by atoms with E-state index in [1.807, 2.05) is 6.07 Å². The van der Waals surface area contributed by atoms with E-state index in [1.165, 1.54) is 30.0 Å². The van der Waals surface area contributed by atoms with Gasteiger partial charge in [-0.3, -0.25) is 4.98 Å². The highest BCUT2D eigenvalue weighted by molar-refractivity contribution is 7.99. The molecule has 1 unspecified atom stereocenters. The van der Waals surface area contributed by atoms with Gasteiger partial charge in [-0.2, -0.15) is 0 Å². The minimum atomic E-state index is -0.404. The number of nitrogens with zero attached hydrogens (tertiary/aromatic N) is 1. The number of rotatable bonds is 4. The lowest BCUT2D eigenvalue weighted by Gasteiger charge is -2.11. The van der Waals surface area contributed by atoms with E-state index in [0.717, 1.165) is 11.1 Å². The van der Waals surface area contributed by atoms with Crippen LogP contribution in [0.4, 0.5) is 8.78 Å². The maximum Gasteiger partial charge on any atom is 0.141 e. The number of pyridine rings is 1. The maximum atomic E-state index is 13.0. The number of hydrogen-bond donors (Lipinski definition) is 1. The van der Waals surface area contributed by atoms with Gasteiger partial charge in [0, 0.05) is 22.9 Å². The Morgan fingerprint density at radius 1 is 1.17 bits per heavy atom. The monoisotopic (exact) mass is 266 g/mol. The second kappa shape index (κ2) is 5.93. The van der Waals surface area contributed by atoms with Crippen LogP contribution in [-0.4, -0.2) is 10.7 Å². The number of halogens is 2. The van der Waals surface area contributed by atoms with Crippen LogP contribution < -0.4 is 5.73 Å². The molecule has 18 heavy (non-hydrogen) atoms. The molecule has 0 fully saturated rings. The second-order valence-corrected chi connectivity index (χ2v) is 4.90. The first kappa shape index (κ1) is 13.0. The Morgan fingerprint density at radius 3 is 2.72 bits per heavy atom. The molecule has 1 aromatic carbocycles. The van der Waals surface area contributed by atoms with Gasteiger partial charge in [-0.15, -0.1) is 11.8 Å². The average Bonchev–Trinajstić information content (AvgIpc) is 2.36. The van der Waals surface area contributed by atoms with Crippen molar-refractivity contribution in [1.82, 2.24) is 4.98 Å². The van der Waals surface area contributed by atoms with Crippen molar-refractivity contribution in [3.8, 4) is 0 Å². The minimum absolute atomic E-state index is 0.277. The van der Waals surface area contributed by atoms with Gasteiger partial charge in [-0.25, -0.2) is 8.78 Å². The second-order valence-electron chi connectivity index (χ2n) is 3.81. The number of hydrogen-bond acceptors (Lipinski definition) is 3. The van der Waals surface area contributed by atoms with Gasteiger partial charge in [0.1, 0.15) is 11.6 Å². The largest absolute Gasteiger partial charge is 0.323 e. The number of benzene rings is 1. The molecule has 2 N–H and O–H groups in total. The first-order valence-electron chi connectivity index (χ1n) is 5.39. The van der Waals surface area contributed by atoms with Gasteiger partial charge < -0.3 is 5.73 Å². The van der Waals surface area contributed by atoms with Crippen LogP contribution in [0.1, 0.15) is 11.6 Å². The number of thioether (sulfide) groups is 1. The third-order valence-corrected chi connectivity index (χ3v) is 3.49. The molecule has 0 radical (unpaired) electrons. The maximum absolute atomic E-state index is 13.0. The fourth-order valence-corrected chi connectivity index (χ4v) is 2.41. The van der Waals surface area contributed by atoms with Crippen molar-refractivity contribution in [2.45, 2.75) is 10.9 Å². The normalized spacial score (nSPS) is 12.4. The Kier molecular flexibility index (Phi) is 4.28. The molecule has 0 saturated carbocycles. The standard InChI is InChI=1S/C13H12F2N2S/c14-10-2-1-3-12(5-10)18-8-13(16)9-4-11(15)7-17-6-9/h1-7,13H,8,16H2. The van der Waals surface area contributed by atoms with Gasteiger partial charge in [0.2, 0.25) is 0 Å². The summed E-state index contributed by atoms with van der Waals surface area (Å²) in [5.74, 6) is -0.145. The highest BCUT2D eigenvalue weighted by atomic mass is 32.2. The van der Waals surface area contributed by atoms with E-state index in [-0.39, 0.29) is 11.9 Å². The summed E-state index contributed by atoms with van der Waals surface area (Å²) in [6.07, 6.45) is 2.68. The molecule has 2 nitrogen and oxygen atoms in total. The first-order chi connectivity index (χ1) is 8.65. The molecule has 2 aromatic rings. The summed E-state index contributed by atoms with van der Waals surface area (Å²) in [5, 5.41) is 0. The molecule has 0 bridgehead atoms. The van der Waals surface area contributed by atoms with Gasteiger partial charge in [0.05, 0.1) is 6.20 Å². The van der Waals surface area contributed by atoms with Crippen molar-refractivity contribution in [1.29, 1.82) is 0 Å². The van der Waals surface area contributed by atoms with E-state index in [0.29, 0.717) is 11.3 Å². The summed E-state index contributed by atoms with van der Waals surface area (Å²) in [6, 6.07) is 7.32. The summed E-state index contributed by atoms with van der Waals surface area (Å²) >= 11 is 1.43. The van der Waals surface area contributed by atoms with Crippen LogP contribution in [-0.2, 0) is 0 Å². The summed E-state index contributed by atoms with van der Waals surface area (Å²) in [5.41, 5.74) is 6.57. The molecule has 94 valence electrons. The van der Waals surface area contributed by atoms with Gasteiger partial charge in [-0.1, -0.05) is 6.07 Å². The van der Waals surface area contributed by atoms with E-state index in [2.05, 4.69) is 4.98 Å². The average molecular weight is 266 g/mol. The molecule has 2 rings (SSSR count). The Morgan fingerprint density at radius 2 is 2.00 bits per heavy atom. The van der Waals surface area contributed by atoms with Crippen LogP contribution in [0.15, 0.2) is 47.6 Å². The lowest BCUT2D eigenvalue weighted by Crippen LogP contribution is -2.13. The molecule has 0 saturated heterocycles. The van der Waals surface area contributed by atoms with Gasteiger partial charge in [-0.05, 0) is 29.8 Å². The zero-order chi connectivity index (χ0) is 13.0. The molecular formula is C13H12F2N2S. The summed E-state index contributed by atoms with van der Waals surface area (Å²) < 4.78 is 25.9. The molecule has 1 atom stereocenters. The van der Waals surface area contributed by atoms with Gasteiger partial charge in [0.15, 0.2) is 0 Å². The van der Waals surface area contributed by atoms with Crippen molar-refractivity contribution in [3.05, 3.63) is 59.9 Å². The fourth-order valence-electron chi connectivity index (χ4n) is 1.47. The quantitative estimate of drug-likeness (QED) is 0.864. The molecule has 1 aromatic heterocycles. The molecule has 0 spiro atoms. The zero-order valence-corrected chi connectivity index (χ0v) is 10.3. The van der Waals surface area contributed by atoms with E-state index in [4.69, 9.17) is 5.73 Å². The molecule has 1 heterocycles. The molecule has 5 heteroatoms. The lowest BCUT2D eigenvalue weighted by molar-refractivity contribution is 0.615. The highest BCUT2D eigenvalue weighted by Crippen LogP contribution is 2.23. The third kappa shape index (κ3) is 3.51. The van der Waals surface area contributed by atoms with Crippen molar-refractivity contribution in [3.63, 3.8) is 0 Å². The Bertz CT molecular complexity index is 534. The van der Waals surface area contributed by atoms with Crippen LogP contribution in [0.5, 0.6) is 0 Å². The Balaban J connectivity index is 1.98. The third-order valence-electron chi connectivity index (χ3n) is 2.38. The SMILES string of the molecule is NC(CSc1cccc(F)c1)c1cncc(F)c1. The topological polar surface area (TPSA) is 38.9 Å². The van der Waals surface area contributed by atoms with Crippen LogP contribution in [0, 0.1) is 11.6 Å². The lowest BCUT2D eigenvalue weighted by atomic mass is 10.1. The first-order valence-corrected chi connectivity index (χ1v) is 6.38. The molecule has 0 amide bonds. The summed E-state index contributed by atoms with van der Waals surface area (Å²) in [6.45, 7) is 0. The van der Waals surface area contributed by atoms with Crippen LogP contribution in [0.3, 0.4) is 0 Å². The molecule has 0 aliphatic carbocycles. The van der Waals surface area contributed by atoms with Crippen LogP contribution >= 0.6 is 11.8 Å². The van der Waals surface area contributed by atoms with Gasteiger partial charge in [0.25, 0.3) is 0 Å². The minimum Gasteiger partial charge on any atom is -0.323 e. The van der Waals surface area contributed by atoms with E-state index < -0.39 is 5.82 Å². The van der Waals surface area contributed by atoms with Crippen molar-refractivity contribution < 1.29 is 8.78 Å². The van der Waals surface area contributed by atoms with Crippen molar-refractivity contribution in [2.75, 3.05) is 5.75 Å². The number of nitrogens with two attached hydrogens (primary N) is 1. The number of aromatic nitrogens is 1. The van der Waals surface area contributed by atoms with Gasteiger partial charge >= 0.3 is 0 Å². The predicted octanol–water partition coefficient (Wildman–Crippen LogP) is 3.15. The van der Waals surface area contributed by atoms with Crippen LogP contribution in [0.25, 0.3) is 0 Å². The van der Waals surface area contributed by atoms with Crippen molar-refractivity contribution in [2.24, 2.45) is 5.73 Å². The highest BCUT2D eigenvalue weighted by Gasteiger charge is 2.08. The van der Waals surface area contributed by atoms with Crippen LogP contribution in [0.2, 0.25) is 0 Å². The summed E-state index contributed by atoms with van der Waals surface area (Å²) in [4.78, 5) is 4.55. The fraction of sp³-hybridized carbons (Fsp3) is 0.154. The summed E-state index contributed by atoms with van der Waals surface area (Å²) in [7, 11) is 0. The Labute approximate surface area is 108 Å². The van der Waals surface area contributed by atoms with E-state index >= 15 is 0 Å². The van der Waals surface area contributed by atoms with E-state index in [9.17, 15) is 8.78 Å². The Hall–Kier alpha value is -1.46. The molecule has 0 aliphatic rings. The predicted molar refractivity (Wildman–Crippen MR) is 68.2 cm³/mol.